The van der Waals surface area contributed by atoms with Crippen LogP contribution in [0.15, 0.2) is 22.8 Å². The van der Waals surface area contributed by atoms with Crippen molar-refractivity contribution in [3.63, 3.8) is 0 Å². The highest BCUT2D eigenvalue weighted by Crippen LogP contribution is 2.28. The highest BCUT2D eigenvalue weighted by Gasteiger charge is 2.25. The fourth-order valence-corrected chi connectivity index (χ4v) is 4.18. The van der Waals surface area contributed by atoms with Crippen LogP contribution in [0.5, 0.6) is 0 Å². The van der Waals surface area contributed by atoms with E-state index >= 15 is 0 Å². The number of rotatable bonds is 5. The molecule has 1 aliphatic rings. The zero-order chi connectivity index (χ0) is 19.6. The van der Waals surface area contributed by atoms with E-state index in [1.165, 1.54) is 6.42 Å². The van der Waals surface area contributed by atoms with Gasteiger partial charge >= 0.3 is 0 Å². The molecule has 0 saturated carbocycles. The molecular weight excluding hydrogens is 340 g/mol. The van der Waals surface area contributed by atoms with Crippen LogP contribution in [-0.2, 0) is 11.3 Å². The number of nitriles is 1. The monoisotopic (exact) mass is 368 g/mol. The number of furan rings is 1. The average molecular weight is 368 g/mol. The molecule has 6 heteroatoms. The molecule has 0 radical (unpaired) electrons. The summed E-state index contributed by atoms with van der Waals surface area (Å²) in [5.74, 6) is 2.47. The van der Waals surface area contributed by atoms with Gasteiger partial charge in [0, 0.05) is 18.8 Å². The number of aromatic nitrogens is 1. The van der Waals surface area contributed by atoms with Gasteiger partial charge < -0.3 is 14.3 Å². The minimum absolute atomic E-state index is 0.0778. The lowest BCUT2D eigenvalue weighted by atomic mass is 9.92. The Balaban J connectivity index is 1.79. The summed E-state index contributed by atoms with van der Waals surface area (Å²) in [6, 6.07) is 5.98. The van der Waals surface area contributed by atoms with Crippen molar-refractivity contribution in [1.82, 2.24) is 9.47 Å². The Morgan fingerprint density at radius 3 is 2.63 bits per heavy atom. The maximum absolute atomic E-state index is 12.7. The van der Waals surface area contributed by atoms with Gasteiger partial charge in [-0.15, -0.1) is 0 Å². The van der Waals surface area contributed by atoms with E-state index in [0.717, 1.165) is 30.1 Å². The normalized spacial score (nSPS) is 20.4. The Hall–Kier alpha value is -2.52. The lowest BCUT2D eigenvalue weighted by molar-refractivity contribution is -0.117. The van der Waals surface area contributed by atoms with E-state index < -0.39 is 0 Å². The number of carbonyl (C=O) groups is 1. The molecule has 1 amide bonds. The average Bonchev–Trinajstić information content (AvgIpc) is 3.17. The first-order valence-electron chi connectivity index (χ1n) is 9.53. The van der Waals surface area contributed by atoms with Gasteiger partial charge in [-0.25, -0.2) is 0 Å². The molecule has 1 saturated heterocycles. The van der Waals surface area contributed by atoms with Gasteiger partial charge in [-0.2, -0.15) is 5.26 Å². The zero-order valence-corrected chi connectivity index (χ0v) is 16.6. The first kappa shape index (κ1) is 19.2. The molecule has 27 heavy (non-hydrogen) atoms. The summed E-state index contributed by atoms with van der Waals surface area (Å²) in [6.07, 6.45) is 2.84. The van der Waals surface area contributed by atoms with Gasteiger partial charge in [0.25, 0.3) is 0 Å². The van der Waals surface area contributed by atoms with Crippen LogP contribution in [0.3, 0.4) is 0 Å². The van der Waals surface area contributed by atoms with Gasteiger partial charge in [0.05, 0.1) is 24.9 Å². The minimum atomic E-state index is -0.0778. The summed E-state index contributed by atoms with van der Waals surface area (Å²) in [7, 11) is 0. The van der Waals surface area contributed by atoms with E-state index in [1.54, 1.807) is 6.26 Å². The molecule has 2 atom stereocenters. The molecule has 0 unspecified atom stereocenters. The molecule has 0 aromatic carbocycles. The molecular formula is C21H28N4O2. The fourth-order valence-electron chi connectivity index (χ4n) is 4.18. The summed E-state index contributed by atoms with van der Waals surface area (Å²) in [5, 5.41) is 12.6. The molecule has 3 heterocycles. The van der Waals surface area contributed by atoms with Crippen molar-refractivity contribution in [3.8, 4) is 6.07 Å². The van der Waals surface area contributed by atoms with Gasteiger partial charge in [-0.1, -0.05) is 13.8 Å². The third-order valence-corrected chi connectivity index (χ3v) is 5.40. The van der Waals surface area contributed by atoms with E-state index in [-0.39, 0.29) is 5.91 Å². The smallest absolute Gasteiger partial charge is 0.239 e. The lowest BCUT2D eigenvalue weighted by Crippen LogP contribution is -2.43. The fraction of sp³-hybridized carbons (Fsp3) is 0.524. The molecule has 2 aromatic rings. The standard InChI is InChI=1S/C21H28N4O2/c1-14-8-15(2)11-24(10-14)13-20(26)23-21-19(9-22)16(3)17(4)25(21)12-18-6-5-7-27-18/h5-7,14-15H,8,10-13H2,1-4H3,(H,23,26)/t14-,15-/m0/s1. The molecule has 1 N–H and O–H groups in total. The Labute approximate surface area is 160 Å². The summed E-state index contributed by atoms with van der Waals surface area (Å²) in [4.78, 5) is 14.9. The molecule has 1 fully saturated rings. The second-order valence-electron chi connectivity index (χ2n) is 7.90. The number of piperidine rings is 1. The molecule has 0 aliphatic carbocycles. The van der Waals surface area contributed by atoms with Gasteiger partial charge in [-0.05, 0) is 49.8 Å². The third-order valence-electron chi connectivity index (χ3n) is 5.40. The maximum Gasteiger partial charge on any atom is 0.239 e. The maximum atomic E-state index is 12.7. The second-order valence-corrected chi connectivity index (χ2v) is 7.90. The Morgan fingerprint density at radius 1 is 1.33 bits per heavy atom. The Morgan fingerprint density at radius 2 is 2.04 bits per heavy atom. The third kappa shape index (κ3) is 4.25. The van der Waals surface area contributed by atoms with E-state index in [2.05, 4.69) is 30.1 Å². The molecule has 0 spiro atoms. The zero-order valence-electron chi connectivity index (χ0n) is 16.6. The van der Waals surface area contributed by atoms with Crippen molar-refractivity contribution in [2.45, 2.75) is 40.7 Å². The Bertz CT molecular complexity index is 835. The number of nitrogens with zero attached hydrogens (tertiary/aromatic N) is 3. The topological polar surface area (TPSA) is 74.2 Å². The van der Waals surface area contributed by atoms with E-state index in [0.29, 0.717) is 36.3 Å². The predicted molar refractivity (Wildman–Crippen MR) is 104 cm³/mol. The molecule has 3 rings (SSSR count). The molecule has 0 bridgehead atoms. The van der Waals surface area contributed by atoms with Gasteiger partial charge in [0.2, 0.25) is 5.91 Å². The van der Waals surface area contributed by atoms with Gasteiger partial charge in [0.15, 0.2) is 0 Å². The highest BCUT2D eigenvalue weighted by atomic mass is 16.3. The summed E-state index contributed by atoms with van der Waals surface area (Å²) < 4.78 is 7.41. The quantitative estimate of drug-likeness (QED) is 0.876. The number of carbonyl (C=O) groups excluding carboxylic acids is 1. The first-order chi connectivity index (χ1) is 12.9. The number of hydrogen-bond acceptors (Lipinski definition) is 4. The van der Waals surface area contributed by atoms with Crippen LogP contribution in [0.2, 0.25) is 0 Å². The second kappa shape index (κ2) is 8.01. The van der Waals surface area contributed by atoms with Crippen molar-refractivity contribution >= 4 is 11.7 Å². The minimum Gasteiger partial charge on any atom is -0.467 e. The number of likely N-dealkylation sites (tertiary alicyclic amines) is 1. The van der Waals surface area contributed by atoms with Crippen LogP contribution >= 0.6 is 0 Å². The van der Waals surface area contributed by atoms with Crippen LogP contribution in [-0.4, -0.2) is 35.0 Å². The summed E-state index contributed by atoms with van der Waals surface area (Å²) in [5.41, 5.74) is 2.37. The van der Waals surface area contributed by atoms with Crippen molar-refractivity contribution < 1.29 is 9.21 Å². The molecule has 2 aromatic heterocycles. The molecule has 144 valence electrons. The Kier molecular flexibility index (Phi) is 5.71. The number of anilines is 1. The van der Waals surface area contributed by atoms with Gasteiger partial charge in [0.1, 0.15) is 17.6 Å². The number of amides is 1. The van der Waals surface area contributed by atoms with Crippen LogP contribution in [0.1, 0.15) is 42.8 Å². The van der Waals surface area contributed by atoms with Crippen LogP contribution < -0.4 is 5.32 Å². The molecule has 1 aliphatic heterocycles. The van der Waals surface area contributed by atoms with Crippen molar-refractivity contribution in [1.29, 1.82) is 5.26 Å². The largest absolute Gasteiger partial charge is 0.467 e. The lowest BCUT2D eigenvalue weighted by Gasteiger charge is -2.34. The van der Waals surface area contributed by atoms with Crippen molar-refractivity contribution in [2.24, 2.45) is 11.8 Å². The molecule has 6 nitrogen and oxygen atoms in total. The van der Waals surface area contributed by atoms with Crippen molar-refractivity contribution in [3.05, 3.63) is 41.0 Å². The first-order valence-corrected chi connectivity index (χ1v) is 9.53. The van der Waals surface area contributed by atoms with Crippen LogP contribution in [0.4, 0.5) is 5.82 Å². The van der Waals surface area contributed by atoms with Crippen LogP contribution in [0.25, 0.3) is 0 Å². The van der Waals surface area contributed by atoms with E-state index in [4.69, 9.17) is 4.42 Å². The van der Waals surface area contributed by atoms with Crippen LogP contribution in [0, 0.1) is 37.0 Å². The number of nitrogens with one attached hydrogen (secondary N) is 1. The summed E-state index contributed by atoms with van der Waals surface area (Å²) in [6.45, 7) is 11.0. The summed E-state index contributed by atoms with van der Waals surface area (Å²) >= 11 is 0. The predicted octanol–water partition coefficient (Wildman–Crippen LogP) is 3.53. The van der Waals surface area contributed by atoms with Gasteiger partial charge in [-0.3, -0.25) is 9.69 Å². The van der Waals surface area contributed by atoms with Crippen molar-refractivity contribution in [2.75, 3.05) is 25.0 Å². The highest BCUT2D eigenvalue weighted by molar-refractivity contribution is 5.93. The number of hydrogen-bond donors (Lipinski definition) is 1. The van der Waals surface area contributed by atoms with E-state index in [9.17, 15) is 10.1 Å². The van der Waals surface area contributed by atoms with E-state index in [1.807, 2.05) is 30.5 Å². The SMILES string of the molecule is Cc1c(C#N)c(NC(=O)CN2C[C@@H](C)C[C@H](C)C2)n(Cc2ccco2)c1C.